The van der Waals surface area contributed by atoms with Gasteiger partial charge in [0.15, 0.2) is 11.9 Å². The van der Waals surface area contributed by atoms with Crippen LogP contribution in [0.2, 0.25) is 0 Å². The third-order valence-corrected chi connectivity index (χ3v) is 1.78. The maximum atomic E-state index is 7.26. The number of hydrogen-bond donors (Lipinski definition) is 3. The molecule has 0 rings (SSSR count). The first-order valence-corrected chi connectivity index (χ1v) is 4.47. The molecule has 84 valence electrons. The van der Waals surface area contributed by atoms with Crippen molar-refractivity contribution in [3.8, 4) is 0 Å². The first kappa shape index (κ1) is 15.5. The summed E-state index contributed by atoms with van der Waals surface area (Å²) in [5, 5.41) is 7.26. The second-order valence-electron chi connectivity index (χ2n) is 2.83. The minimum atomic E-state index is -0.0424. The van der Waals surface area contributed by atoms with E-state index in [1.165, 1.54) is 4.90 Å². The zero-order valence-corrected chi connectivity index (χ0v) is 9.60. The molecule has 14 heavy (non-hydrogen) atoms. The molecule has 0 atom stereocenters. The van der Waals surface area contributed by atoms with Gasteiger partial charge in [-0.2, -0.15) is 0 Å². The lowest BCUT2D eigenvalue weighted by molar-refractivity contribution is 0.539. The predicted octanol–water partition coefficient (Wildman–Crippen LogP) is 0.738. The van der Waals surface area contributed by atoms with Crippen molar-refractivity contribution in [2.45, 2.75) is 26.2 Å². The van der Waals surface area contributed by atoms with Crippen LogP contribution in [0, 0.1) is 5.41 Å². The maximum absolute atomic E-state index is 7.26. The summed E-state index contributed by atoms with van der Waals surface area (Å²) >= 11 is 0. The van der Waals surface area contributed by atoms with Gasteiger partial charge in [-0.3, -0.25) is 15.3 Å². The standard InChI is InChI=1S/C8H19N5.ClH/c1-3-4-5-6-13(7(9)10)8(11)12-2;/h3-6H2,1-2H3,(H3,9,10)(H2,11,12);1H. The van der Waals surface area contributed by atoms with Gasteiger partial charge in [-0.1, -0.05) is 19.8 Å². The van der Waals surface area contributed by atoms with E-state index in [1.807, 2.05) is 0 Å². The van der Waals surface area contributed by atoms with E-state index in [9.17, 15) is 0 Å². The molecule has 6 heteroatoms. The molecule has 0 aliphatic carbocycles. The molecule has 0 saturated carbocycles. The Morgan fingerprint density at radius 3 is 2.29 bits per heavy atom. The van der Waals surface area contributed by atoms with Crippen molar-refractivity contribution in [1.82, 2.24) is 4.90 Å². The van der Waals surface area contributed by atoms with E-state index in [2.05, 4.69) is 11.9 Å². The first-order chi connectivity index (χ1) is 6.13. The normalized spacial score (nSPS) is 10.6. The van der Waals surface area contributed by atoms with Gasteiger partial charge in [0.2, 0.25) is 0 Å². The topological polar surface area (TPSA) is 91.5 Å². The monoisotopic (exact) mass is 221 g/mol. The predicted molar refractivity (Wildman–Crippen MR) is 62.9 cm³/mol. The summed E-state index contributed by atoms with van der Waals surface area (Å²) in [5.41, 5.74) is 10.9. The maximum Gasteiger partial charge on any atom is 0.197 e. The fourth-order valence-corrected chi connectivity index (χ4v) is 0.999. The largest absolute Gasteiger partial charge is 0.370 e. The zero-order chi connectivity index (χ0) is 10.3. The van der Waals surface area contributed by atoms with E-state index in [0.717, 1.165) is 19.3 Å². The summed E-state index contributed by atoms with van der Waals surface area (Å²) in [5.74, 6) is 0.266. The van der Waals surface area contributed by atoms with Gasteiger partial charge >= 0.3 is 0 Å². The van der Waals surface area contributed by atoms with Crippen LogP contribution in [0.15, 0.2) is 4.99 Å². The fraction of sp³-hybridized carbons (Fsp3) is 0.750. The van der Waals surface area contributed by atoms with Crippen LogP contribution in [-0.2, 0) is 0 Å². The van der Waals surface area contributed by atoms with Gasteiger partial charge in [0.05, 0.1) is 0 Å². The van der Waals surface area contributed by atoms with Crippen LogP contribution in [0.5, 0.6) is 0 Å². The molecule has 0 spiro atoms. The van der Waals surface area contributed by atoms with E-state index in [4.69, 9.17) is 16.9 Å². The van der Waals surface area contributed by atoms with E-state index in [-0.39, 0.29) is 18.4 Å². The average molecular weight is 222 g/mol. The fourth-order valence-electron chi connectivity index (χ4n) is 0.999. The van der Waals surface area contributed by atoms with Crippen molar-refractivity contribution in [3.05, 3.63) is 0 Å². The zero-order valence-electron chi connectivity index (χ0n) is 8.79. The lowest BCUT2D eigenvalue weighted by Gasteiger charge is -2.20. The Labute approximate surface area is 91.5 Å². The van der Waals surface area contributed by atoms with Gasteiger partial charge < -0.3 is 11.5 Å². The number of unbranched alkanes of at least 4 members (excludes halogenated alkanes) is 2. The molecule has 0 heterocycles. The van der Waals surface area contributed by atoms with Crippen molar-refractivity contribution in [2.24, 2.45) is 16.5 Å². The summed E-state index contributed by atoms with van der Waals surface area (Å²) in [6.45, 7) is 2.79. The van der Waals surface area contributed by atoms with Crippen molar-refractivity contribution in [1.29, 1.82) is 5.41 Å². The van der Waals surface area contributed by atoms with Crippen molar-refractivity contribution in [3.63, 3.8) is 0 Å². The Kier molecular flexibility index (Phi) is 9.54. The van der Waals surface area contributed by atoms with Crippen LogP contribution in [0.3, 0.4) is 0 Å². The number of nitrogens with zero attached hydrogens (tertiary/aromatic N) is 2. The third kappa shape index (κ3) is 5.64. The van der Waals surface area contributed by atoms with Gasteiger partial charge in [0, 0.05) is 13.6 Å². The summed E-state index contributed by atoms with van der Waals surface area (Å²) in [6, 6.07) is 0. The van der Waals surface area contributed by atoms with Crippen LogP contribution in [0.4, 0.5) is 0 Å². The molecule has 0 aromatic heterocycles. The van der Waals surface area contributed by atoms with Crippen LogP contribution in [0.1, 0.15) is 26.2 Å². The van der Waals surface area contributed by atoms with E-state index in [1.54, 1.807) is 7.05 Å². The molecular weight excluding hydrogens is 202 g/mol. The Bertz CT molecular complexity index is 192. The molecule has 5 nitrogen and oxygen atoms in total. The molecule has 5 N–H and O–H groups in total. The lowest BCUT2D eigenvalue weighted by Crippen LogP contribution is -2.45. The van der Waals surface area contributed by atoms with Crippen LogP contribution in [0.25, 0.3) is 0 Å². The number of nitrogens with one attached hydrogen (secondary N) is 1. The summed E-state index contributed by atoms with van der Waals surface area (Å²) in [7, 11) is 1.59. The first-order valence-electron chi connectivity index (χ1n) is 4.47. The van der Waals surface area contributed by atoms with Crippen molar-refractivity contribution >= 4 is 24.3 Å². The SMILES string of the molecule is CCCCCN(C(=N)N)C(N)=NC.Cl. The number of halogens is 1. The molecule has 0 aromatic rings. The Morgan fingerprint density at radius 1 is 1.36 bits per heavy atom. The minimum absolute atomic E-state index is 0. The Balaban J connectivity index is 0. The van der Waals surface area contributed by atoms with Crippen LogP contribution < -0.4 is 11.5 Å². The second-order valence-corrected chi connectivity index (χ2v) is 2.83. The third-order valence-electron chi connectivity index (χ3n) is 1.78. The highest BCUT2D eigenvalue weighted by Crippen LogP contribution is 1.97. The second kappa shape index (κ2) is 8.62. The molecule has 0 fully saturated rings. The van der Waals surface area contributed by atoms with Crippen LogP contribution >= 0.6 is 12.4 Å². The summed E-state index contributed by atoms with van der Waals surface area (Å²) < 4.78 is 0. The minimum Gasteiger partial charge on any atom is -0.370 e. The molecular formula is C8H20ClN5. The van der Waals surface area contributed by atoms with Crippen molar-refractivity contribution in [2.75, 3.05) is 13.6 Å². The Morgan fingerprint density at radius 2 is 1.93 bits per heavy atom. The summed E-state index contributed by atoms with van der Waals surface area (Å²) in [4.78, 5) is 5.30. The van der Waals surface area contributed by atoms with Gasteiger partial charge in [0.25, 0.3) is 0 Å². The van der Waals surface area contributed by atoms with Gasteiger partial charge in [-0.15, -0.1) is 12.4 Å². The smallest absolute Gasteiger partial charge is 0.197 e. The van der Waals surface area contributed by atoms with Gasteiger partial charge in [-0.05, 0) is 6.42 Å². The highest BCUT2D eigenvalue weighted by atomic mass is 35.5. The quantitative estimate of drug-likeness (QED) is 0.372. The highest BCUT2D eigenvalue weighted by molar-refractivity contribution is 5.95. The average Bonchev–Trinajstić information content (AvgIpc) is 2.11. The lowest BCUT2D eigenvalue weighted by atomic mass is 10.2. The van der Waals surface area contributed by atoms with Crippen LogP contribution in [-0.4, -0.2) is 30.4 Å². The molecule has 0 bridgehead atoms. The number of hydrogen-bond acceptors (Lipinski definition) is 2. The van der Waals surface area contributed by atoms with E-state index < -0.39 is 0 Å². The van der Waals surface area contributed by atoms with Gasteiger partial charge in [-0.25, -0.2) is 0 Å². The van der Waals surface area contributed by atoms with Gasteiger partial charge in [0.1, 0.15) is 0 Å². The number of guanidine groups is 2. The molecule has 0 radical (unpaired) electrons. The van der Waals surface area contributed by atoms with E-state index >= 15 is 0 Å². The Hall–Kier alpha value is -0.970. The highest BCUT2D eigenvalue weighted by Gasteiger charge is 2.08. The molecule has 0 aliphatic heterocycles. The molecule has 0 amide bonds. The number of rotatable bonds is 4. The molecule has 0 unspecified atom stereocenters. The molecule has 0 aromatic carbocycles. The number of nitrogens with two attached hydrogens (primary N) is 2. The summed E-state index contributed by atoms with van der Waals surface area (Å²) in [6.07, 6.45) is 3.22. The van der Waals surface area contributed by atoms with E-state index in [0.29, 0.717) is 12.5 Å². The molecule has 0 saturated heterocycles. The van der Waals surface area contributed by atoms with Crippen molar-refractivity contribution < 1.29 is 0 Å². The molecule has 0 aliphatic rings. The number of aliphatic imine (C=N–C) groups is 1.